The van der Waals surface area contributed by atoms with Crippen molar-refractivity contribution in [2.75, 3.05) is 26.1 Å². The lowest BCUT2D eigenvalue weighted by Crippen LogP contribution is -2.26. The van der Waals surface area contributed by atoms with Crippen LogP contribution in [0.2, 0.25) is 0 Å². The number of alkyl halides is 1. The Hall–Kier alpha value is -0.250. The molecule has 0 N–H and O–H groups in total. The van der Waals surface area contributed by atoms with Crippen LogP contribution >= 0.6 is 27.5 Å². The van der Waals surface area contributed by atoms with E-state index in [0.717, 1.165) is 29.9 Å². The number of rotatable bonds is 8. The molecule has 102 valence electrons. The van der Waals surface area contributed by atoms with Crippen LogP contribution in [0.4, 0.5) is 0 Å². The molecule has 0 bridgehead atoms. The van der Waals surface area contributed by atoms with Crippen LogP contribution in [0.5, 0.6) is 5.75 Å². The quantitative estimate of drug-likeness (QED) is 0.657. The molecule has 0 fully saturated rings. The Labute approximate surface area is 123 Å². The fraction of sp³-hybridized carbons (Fsp3) is 0.571. The molecule has 0 unspecified atom stereocenters. The number of hydrogen-bond donors (Lipinski definition) is 0. The van der Waals surface area contributed by atoms with Crippen molar-refractivity contribution in [2.45, 2.75) is 26.3 Å². The third-order valence-corrected chi connectivity index (χ3v) is 3.53. The molecular formula is C14H21BrClNO. The van der Waals surface area contributed by atoms with Gasteiger partial charge in [0.15, 0.2) is 0 Å². The minimum atomic E-state index is 0.667. The van der Waals surface area contributed by atoms with Crippen LogP contribution in [0.1, 0.15) is 25.3 Å². The van der Waals surface area contributed by atoms with E-state index < -0.39 is 0 Å². The Bertz CT molecular complexity index is 360. The van der Waals surface area contributed by atoms with Gasteiger partial charge in [0.05, 0.1) is 7.11 Å². The molecule has 0 saturated carbocycles. The van der Waals surface area contributed by atoms with Gasteiger partial charge in [-0.25, -0.2) is 0 Å². The van der Waals surface area contributed by atoms with Gasteiger partial charge in [-0.15, -0.1) is 11.6 Å². The Morgan fingerprint density at radius 1 is 1.33 bits per heavy atom. The second-order valence-electron chi connectivity index (χ2n) is 4.27. The molecule has 2 nitrogen and oxygen atoms in total. The molecule has 0 spiro atoms. The van der Waals surface area contributed by atoms with Crippen molar-refractivity contribution in [2.24, 2.45) is 0 Å². The van der Waals surface area contributed by atoms with Gasteiger partial charge >= 0.3 is 0 Å². The number of halogens is 2. The fourth-order valence-corrected chi connectivity index (χ4v) is 2.53. The Balaban J connectivity index is 2.74. The lowest BCUT2D eigenvalue weighted by Gasteiger charge is -2.22. The van der Waals surface area contributed by atoms with Crippen molar-refractivity contribution in [1.29, 1.82) is 0 Å². The van der Waals surface area contributed by atoms with Crippen molar-refractivity contribution in [1.82, 2.24) is 4.90 Å². The second-order valence-corrected chi connectivity index (χ2v) is 5.57. The lowest BCUT2D eigenvalue weighted by atomic mass is 10.2. The average molecular weight is 335 g/mol. The largest absolute Gasteiger partial charge is 0.496 e. The number of unbranched alkanes of at least 4 members (excludes halogenated alkanes) is 1. The molecule has 0 amide bonds. The maximum atomic E-state index is 5.86. The molecule has 1 aromatic carbocycles. The first kappa shape index (κ1) is 15.8. The van der Waals surface area contributed by atoms with Crippen molar-refractivity contribution >= 4 is 27.5 Å². The van der Waals surface area contributed by atoms with Gasteiger partial charge < -0.3 is 4.74 Å². The number of benzene rings is 1. The molecule has 18 heavy (non-hydrogen) atoms. The number of hydrogen-bond acceptors (Lipinski definition) is 2. The summed E-state index contributed by atoms with van der Waals surface area (Å²) in [4.78, 5) is 2.38. The lowest BCUT2D eigenvalue weighted by molar-refractivity contribution is 0.272. The van der Waals surface area contributed by atoms with Crippen LogP contribution in [-0.2, 0) is 6.54 Å². The van der Waals surface area contributed by atoms with Crippen LogP contribution in [0.15, 0.2) is 22.7 Å². The van der Waals surface area contributed by atoms with Crippen LogP contribution in [0.25, 0.3) is 0 Å². The Kier molecular flexibility index (Phi) is 7.71. The zero-order chi connectivity index (χ0) is 13.4. The molecule has 1 rings (SSSR count). The van der Waals surface area contributed by atoms with E-state index in [1.165, 1.54) is 18.4 Å². The molecule has 0 heterocycles. The van der Waals surface area contributed by atoms with Crippen molar-refractivity contribution in [3.63, 3.8) is 0 Å². The molecular weight excluding hydrogens is 314 g/mol. The minimum absolute atomic E-state index is 0.667. The minimum Gasteiger partial charge on any atom is -0.496 e. The van der Waals surface area contributed by atoms with Gasteiger partial charge in [0, 0.05) is 29.0 Å². The third kappa shape index (κ3) is 5.17. The van der Waals surface area contributed by atoms with E-state index >= 15 is 0 Å². The smallest absolute Gasteiger partial charge is 0.123 e. The van der Waals surface area contributed by atoms with Gasteiger partial charge in [0.2, 0.25) is 0 Å². The molecule has 0 atom stereocenters. The number of methoxy groups -OCH3 is 1. The van der Waals surface area contributed by atoms with Gasteiger partial charge in [0.1, 0.15) is 5.75 Å². The third-order valence-electron chi connectivity index (χ3n) is 2.87. The molecule has 0 aromatic heterocycles. The summed E-state index contributed by atoms with van der Waals surface area (Å²) in [7, 11) is 1.71. The summed E-state index contributed by atoms with van der Waals surface area (Å²) in [5.74, 6) is 1.61. The topological polar surface area (TPSA) is 12.5 Å². The van der Waals surface area contributed by atoms with E-state index in [1.54, 1.807) is 7.11 Å². The zero-order valence-electron chi connectivity index (χ0n) is 11.1. The molecule has 0 aliphatic rings. The predicted octanol–water partition coefficient (Wildman–Crippen LogP) is 4.30. The first-order valence-corrected chi connectivity index (χ1v) is 7.64. The summed E-state index contributed by atoms with van der Waals surface area (Å²) < 4.78 is 6.49. The van der Waals surface area contributed by atoms with Crippen LogP contribution < -0.4 is 4.74 Å². The maximum Gasteiger partial charge on any atom is 0.123 e. The van der Waals surface area contributed by atoms with E-state index in [2.05, 4.69) is 33.8 Å². The zero-order valence-corrected chi connectivity index (χ0v) is 13.4. The van der Waals surface area contributed by atoms with Crippen LogP contribution in [0, 0.1) is 0 Å². The average Bonchev–Trinajstić information content (AvgIpc) is 2.36. The van der Waals surface area contributed by atoms with E-state index in [9.17, 15) is 0 Å². The van der Waals surface area contributed by atoms with E-state index in [1.807, 2.05) is 12.1 Å². The van der Waals surface area contributed by atoms with Gasteiger partial charge in [-0.2, -0.15) is 0 Å². The van der Waals surface area contributed by atoms with E-state index in [0.29, 0.717) is 5.88 Å². The van der Waals surface area contributed by atoms with Gasteiger partial charge in [-0.1, -0.05) is 29.3 Å². The molecule has 0 aliphatic carbocycles. The SMILES string of the molecule is CCCCN(CCCl)Cc1cc(Br)ccc1OC. The van der Waals surface area contributed by atoms with Crippen molar-refractivity contribution in [3.8, 4) is 5.75 Å². The number of ether oxygens (including phenoxy) is 1. The normalized spacial score (nSPS) is 10.9. The van der Waals surface area contributed by atoms with Gasteiger partial charge in [-0.3, -0.25) is 4.90 Å². The highest BCUT2D eigenvalue weighted by Crippen LogP contribution is 2.24. The summed E-state index contributed by atoms with van der Waals surface area (Å²) in [6.07, 6.45) is 2.40. The fourth-order valence-electron chi connectivity index (χ4n) is 1.88. The van der Waals surface area contributed by atoms with Gasteiger partial charge in [-0.05, 0) is 31.2 Å². The predicted molar refractivity (Wildman–Crippen MR) is 81.6 cm³/mol. The summed E-state index contributed by atoms with van der Waals surface area (Å²) in [6, 6.07) is 6.12. The van der Waals surface area contributed by atoms with Crippen LogP contribution in [0.3, 0.4) is 0 Å². The standard InChI is InChI=1S/C14H21BrClNO/c1-3-4-8-17(9-7-16)11-12-10-13(15)5-6-14(12)18-2/h5-6,10H,3-4,7-9,11H2,1-2H3. The van der Waals surface area contributed by atoms with E-state index in [-0.39, 0.29) is 0 Å². The maximum absolute atomic E-state index is 5.86. The molecule has 0 saturated heterocycles. The summed E-state index contributed by atoms with van der Waals surface area (Å²) in [6.45, 7) is 5.09. The first-order valence-electron chi connectivity index (χ1n) is 6.32. The Morgan fingerprint density at radius 3 is 2.72 bits per heavy atom. The highest BCUT2D eigenvalue weighted by molar-refractivity contribution is 9.10. The van der Waals surface area contributed by atoms with Crippen molar-refractivity contribution in [3.05, 3.63) is 28.2 Å². The van der Waals surface area contributed by atoms with Gasteiger partial charge in [0.25, 0.3) is 0 Å². The summed E-state index contributed by atoms with van der Waals surface area (Å²) in [5, 5.41) is 0. The van der Waals surface area contributed by atoms with Crippen LogP contribution in [-0.4, -0.2) is 31.0 Å². The molecule has 1 aromatic rings. The first-order chi connectivity index (χ1) is 8.71. The molecule has 0 aliphatic heterocycles. The molecule has 4 heteroatoms. The highest BCUT2D eigenvalue weighted by atomic mass is 79.9. The summed E-state index contributed by atoms with van der Waals surface area (Å²) >= 11 is 9.37. The molecule has 0 radical (unpaired) electrons. The Morgan fingerprint density at radius 2 is 2.11 bits per heavy atom. The summed E-state index contributed by atoms with van der Waals surface area (Å²) in [5.41, 5.74) is 1.20. The highest BCUT2D eigenvalue weighted by Gasteiger charge is 2.09. The number of nitrogens with zero attached hydrogens (tertiary/aromatic N) is 1. The monoisotopic (exact) mass is 333 g/mol. The van der Waals surface area contributed by atoms with Crippen molar-refractivity contribution < 1.29 is 4.74 Å². The van der Waals surface area contributed by atoms with E-state index in [4.69, 9.17) is 16.3 Å². The second kappa shape index (κ2) is 8.78.